The maximum Gasteiger partial charge on any atom is 0.416 e. The molecule has 0 aromatic heterocycles. The van der Waals surface area contributed by atoms with Crippen molar-refractivity contribution in [2.45, 2.75) is 12.7 Å². The molecule has 3 nitrogen and oxygen atoms in total. The van der Waals surface area contributed by atoms with Crippen LogP contribution in [-0.4, -0.2) is 6.41 Å². The van der Waals surface area contributed by atoms with Crippen molar-refractivity contribution < 1.29 is 18.0 Å². The smallest absolute Gasteiger partial charge is 0.329 e. The maximum absolute atomic E-state index is 12.5. The van der Waals surface area contributed by atoms with Gasteiger partial charge in [-0.25, -0.2) is 0 Å². The van der Waals surface area contributed by atoms with Crippen LogP contribution in [0.1, 0.15) is 11.1 Å². The minimum Gasteiger partial charge on any atom is -0.329 e. The maximum atomic E-state index is 12.5. The molecule has 15 heavy (non-hydrogen) atoms. The summed E-state index contributed by atoms with van der Waals surface area (Å²) in [5.74, 6) is 0. The van der Waals surface area contributed by atoms with Gasteiger partial charge in [-0.15, -0.1) is 0 Å². The summed E-state index contributed by atoms with van der Waals surface area (Å²) in [7, 11) is 0. The topological polar surface area (TPSA) is 55.1 Å². The molecule has 6 heteroatoms. The zero-order valence-electron chi connectivity index (χ0n) is 7.64. The highest BCUT2D eigenvalue weighted by atomic mass is 19.4. The van der Waals surface area contributed by atoms with Crippen LogP contribution in [-0.2, 0) is 17.5 Å². The monoisotopic (exact) mass is 218 g/mol. The lowest BCUT2D eigenvalue weighted by atomic mass is 10.1. The molecule has 0 saturated heterocycles. The molecule has 0 aliphatic rings. The molecule has 0 saturated carbocycles. The number of hydrogen-bond acceptors (Lipinski definition) is 2. The SMILES string of the molecule is NCc1ccc(NC=O)cc1C(F)(F)F. The van der Waals surface area contributed by atoms with Gasteiger partial charge >= 0.3 is 6.18 Å². The lowest BCUT2D eigenvalue weighted by Crippen LogP contribution is -2.12. The zero-order chi connectivity index (χ0) is 11.5. The number of carbonyl (C=O) groups excluding carboxylic acids is 1. The molecule has 0 fully saturated rings. The summed E-state index contributed by atoms with van der Waals surface area (Å²) in [4.78, 5) is 10.1. The van der Waals surface area contributed by atoms with Gasteiger partial charge in [0.2, 0.25) is 6.41 Å². The van der Waals surface area contributed by atoms with E-state index in [4.69, 9.17) is 5.73 Å². The largest absolute Gasteiger partial charge is 0.416 e. The fourth-order valence-electron chi connectivity index (χ4n) is 1.18. The third-order valence-corrected chi connectivity index (χ3v) is 1.86. The van der Waals surface area contributed by atoms with Gasteiger partial charge in [0, 0.05) is 12.2 Å². The Labute approximate surface area is 84.1 Å². The number of benzene rings is 1. The highest BCUT2D eigenvalue weighted by molar-refractivity contribution is 5.71. The van der Waals surface area contributed by atoms with Crippen LogP contribution in [0.25, 0.3) is 0 Å². The molecule has 1 rings (SSSR count). The molecular formula is C9H9F3N2O. The van der Waals surface area contributed by atoms with Gasteiger partial charge in [0.25, 0.3) is 0 Å². The number of nitrogens with one attached hydrogen (secondary N) is 1. The predicted molar refractivity (Wildman–Crippen MR) is 49.0 cm³/mol. The van der Waals surface area contributed by atoms with Crippen LogP contribution in [0.2, 0.25) is 0 Å². The van der Waals surface area contributed by atoms with Crippen LogP contribution < -0.4 is 11.1 Å². The number of amides is 1. The number of halogens is 3. The molecule has 1 aromatic carbocycles. The predicted octanol–water partition coefficient (Wildman–Crippen LogP) is 1.73. The van der Waals surface area contributed by atoms with E-state index in [1.54, 1.807) is 0 Å². The van der Waals surface area contributed by atoms with Crippen molar-refractivity contribution in [3.63, 3.8) is 0 Å². The molecule has 0 aliphatic carbocycles. The van der Waals surface area contributed by atoms with Crippen LogP contribution >= 0.6 is 0 Å². The van der Waals surface area contributed by atoms with Crippen molar-refractivity contribution in [2.24, 2.45) is 5.73 Å². The van der Waals surface area contributed by atoms with Crippen molar-refractivity contribution in [3.05, 3.63) is 29.3 Å². The fourth-order valence-corrected chi connectivity index (χ4v) is 1.18. The summed E-state index contributed by atoms with van der Waals surface area (Å²) in [5.41, 5.74) is 4.45. The van der Waals surface area contributed by atoms with E-state index in [9.17, 15) is 18.0 Å². The van der Waals surface area contributed by atoms with Crippen molar-refractivity contribution in [3.8, 4) is 0 Å². The Kier molecular flexibility index (Phi) is 3.31. The summed E-state index contributed by atoms with van der Waals surface area (Å²) in [5, 5.41) is 2.15. The van der Waals surface area contributed by atoms with E-state index in [1.807, 2.05) is 0 Å². The van der Waals surface area contributed by atoms with Crippen molar-refractivity contribution >= 4 is 12.1 Å². The first-order chi connectivity index (χ1) is 6.99. The van der Waals surface area contributed by atoms with Gasteiger partial charge < -0.3 is 11.1 Å². The summed E-state index contributed by atoms with van der Waals surface area (Å²) in [6.45, 7) is -0.198. The van der Waals surface area contributed by atoms with Gasteiger partial charge in [-0.3, -0.25) is 4.79 Å². The second-order valence-electron chi connectivity index (χ2n) is 2.84. The Hall–Kier alpha value is -1.56. The zero-order valence-corrected chi connectivity index (χ0v) is 7.64. The number of rotatable bonds is 3. The third-order valence-electron chi connectivity index (χ3n) is 1.86. The summed E-state index contributed by atoms with van der Waals surface area (Å²) >= 11 is 0. The molecular weight excluding hydrogens is 209 g/mol. The molecule has 82 valence electrons. The van der Waals surface area contributed by atoms with E-state index in [2.05, 4.69) is 5.32 Å². The van der Waals surface area contributed by atoms with E-state index in [0.717, 1.165) is 6.07 Å². The first-order valence-corrected chi connectivity index (χ1v) is 4.09. The highest BCUT2D eigenvalue weighted by Crippen LogP contribution is 2.33. The lowest BCUT2D eigenvalue weighted by Gasteiger charge is -2.12. The van der Waals surface area contributed by atoms with Crippen LogP contribution in [0.5, 0.6) is 0 Å². The minimum absolute atomic E-state index is 0.000973. The number of nitrogens with two attached hydrogens (primary N) is 1. The van der Waals surface area contributed by atoms with Gasteiger partial charge in [0.05, 0.1) is 5.56 Å². The summed E-state index contributed by atoms with van der Waals surface area (Å²) in [6, 6.07) is 3.47. The van der Waals surface area contributed by atoms with Crippen LogP contribution in [0.3, 0.4) is 0 Å². The lowest BCUT2D eigenvalue weighted by molar-refractivity contribution is -0.138. The molecule has 0 aliphatic heterocycles. The van der Waals surface area contributed by atoms with Crippen molar-refractivity contribution in [1.82, 2.24) is 0 Å². The van der Waals surface area contributed by atoms with Crippen molar-refractivity contribution in [2.75, 3.05) is 5.32 Å². The van der Waals surface area contributed by atoms with Gasteiger partial charge in [-0.1, -0.05) is 6.07 Å². The van der Waals surface area contributed by atoms with E-state index in [-0.39, 0.29) is 17.8 Å². The third kappa shape index (κ3) is 2.69. The minimum atomic E-state index is -4.46. The molecule has 3 N–H and O–H groups in total. The Balaban J connectivity index is 3.19. The summed E-state index contributed by atoms with van der Waals surface area (Å²) < 4.78 is 37.5. The van der Waals surface area contributed by atoms with Gasteiger partial charge in [-0.05, 0) is 17.7 Å². The molecule has 0 spiro atoms. The standard InChI is InChI=1S/C9H9F3N2O/c10-9(11,12)8-3-7(14-5-15)2-1-6(8)4-13/h1-3,5H,4,13H2,(H,14,15). The molecule has 0 bridgehead atoms. The number of anilines is 1. The van der Waals surface area contributed by atoms with E-state index >= 15 is 0 Å². The molecule has 0 unspecified atom stereocenters. The average molecular weight is 218 g/mol. The van der Waals surface area contributed by atoms with Gasteiger partial charge in [0.1, 0.15) is 0 Å². The Morgan fingerprint density at radius 3 is 2.53 bits per heavy atom. The van der Waals surface area contributed by atoms with Crippen molar-refractivity contribution in [1.29, 1.82) is 0 Å². The second-order valence-corrected chi connectivity index (χ2v) is 2.84. The van der Waals surface area contributed by atoms with Crippen LogP contribution in [0, 0.1) is 0 Å². The first-order valence-electron chi connectivity index (χ1n) is 4.09. The number of hydrogen-bond donors (Lipinski definition) is 2. The summed E-state index contributed by atoms with van der Waals surface area (Å²) in [6.07, 6.45) is -4.15. The first kappa shape index (κ1) is 11.5. The molecule has 0 atom stereocenters. The Morgan fingerprint density at radius 1 is 1.40 bits per heavy atom. The van der Waals surface area contributed by atoms with Crippen LogP contribution in [0.4, 0.5) is 18.9 Å². The Bertz CT molecular complexity index is 363. The average Bonchev–Trinajstić information content (AvgIpc) is 2.17. The fraction of sp³-hybridized carbons (Fsp3) is 0.222. The number of carbonyl (C=O) groups is 1. The van der Waals surface area contributed by atoms with E-state index in [1.165, 1.54) is 12.1 Å². The van der Waals surface area contributed by atoms with Crippen LogP contribution in [0.15, 0.2) is 18.2 Å². The second kappa shape index (κ2) is 4.31. The molecule has 0 radical (unpaired) electrons. The molecule has 0 heterocycles. The van der Waals surface area contributed by atoms with Gasteiger partial charge in [-0.2, -0.15) is 13.2 Å². The van der Waals surface area contributed by atoms with Gasteiger partial charge in [0.15, 0.2) is 0 Å². The Morgan fingerprint density at radius 2 is 2.07 bits per heavy atom. The van der Waals surface area contributed by atoms with E-state index in [0.29, 0.717) is 6.41 Å². The molecule has 1 amide bonds. The van der Waals surface area contributed by atoms with E-state index < -0.39 is 11.7 Å². The normalized spacial score (nSPS) is 11.2. The number of alkyl halides is 3. The quantitative estimate of drug-likeness (QED) is 0.759. The highest BCUT2D eigenvalue weighted by Gasteiger charge is 2.33. The molecule has 1 aromatic rings.